The molecule has 3 aliphatic rings. The van der Waals surface area contributed by atoms with Crippen LogP contribution in [0.2, 0.25) is 18.1 Å². The van der Waals surface area contributed by atoms with E-state index in [1.54, 1.807) is 19.3 Å². The first-order chi connectivity index (χ1) is 34.5. The number of aromatic nitrogens is 6. The lowest BCUT2D eigenvalue weighted by Crippen LogP contribution is -2.46. The molecule has 1 saturated heterocycles. The zero-order valence-electron chi connectivity index (χ0n) is 43.8. The first-order valence-electron chi connectivity index (χ1n) is 25.1. The molecule has 2 aromatic carbocycles. The summed E-state index contributed by atoms with van der Waals surface area (Å²) in [4.78, 5) is 8.85. The van der Waals surface area contributed by atoms with Gasteiger partial charge in [0.2, 0.25) is 0 Å². The number of benzene rings is 2. The summed E-state index contributed by atoms with van der Waals surface area (Å²) in [7, 11) is -1.90. The molecule has 4 aromatic heterocycles. The number of imidazole rings is 2. The molecule has 75 heavy (non-hydrogen) atoms. The molecular formula is C58H82IN7O8Si. The molecule has 2 saturated carbocycles. The highest BCUT2D eigenvalue weighted by Gasteiger charge is 2.53. The number of ether oxygens (including phenoxy) is 2. The van der Waals surface area contributed by atoms with Crippen LogP contribution in [0.15, 0.2) is 94.5 Å². The largest absolute Gasteiger partial charge is 0.407 e. The minimum atomic E-state index is -1.90. The normalized spacial score (nSPS) is 22.1. The molecule has 9 rings (SSSR count). The molecular weight excluding hydrogens is 1080 g/mol. The minimum absolute atomic E-state index is 0. The Bertz CT molecular complexity index is 2860. The summed E-state index contributed by atoms with van der Waals surface area (Å²) in [5, 5.41) is 37.6. The summed E-state index contributed by atoms with van der Waals surface area (Å²) in [5.41, 5.74) is 9.30. The Balaban J connectivity index is 0.000000261. The number of nitrogens with two attached hydrogens (primary N) is 1. The van der Waals surface area contributed by atoms with Gasteiger partial charge in [0.25, 0.3) is 0 Å². The molecule has 5 N–H and O–H groups in total. The van der Waals surface area contributed by atoms with Crippen LogP contribution in [0.1, 0.15) is 157 Å². The first kappa shape index (κ1) is 60.9. The Kier molecular flexibility index (Phi) is 20.3. The van der Waals surface area contributed by atoms with Crippen molar-refractivity contribution < 1.29 is 39.7 Å². The van der Waals surface area contributed by atoms with E-state index in [1.807, 2.05) is 67.2 Å². The van der Waals surface area contributed by atoms with Gasteiger partial charge in [0.05, 0.1) is 36.5 Å². The van der Waals surface area contributed by atoms with Gasteiger partial charge in [-0.25, -0.2) is 9.97 Å². The predicted molar refractivity (Wildman–Crippen MR) is 307 cm³/mol. The average molecular weight is 1160 g/mol. The summed E-state index contributed by atoms with van der Waals surface area (Å²) in [6, 6.07) is 19.5. The summed E-state index contributed by atoms with van der Waals surface area (Å²) in [6.07, 6.45) is 15.6. The van der Waals surface area contributed by atoms with E-state index < -0.39 is 25.8 Å². The summed E-state index contributed by atoms with van der Waals surface area (Å²) >= 11 is 2.30. The van der Waals surface area contributed by atoms with E-state index >= 15 is 0 Å². The number of aliphatic hydroxyl groups excluding tert-OH is 2. The molecule has 2 aliphatic carbocycles. The molecule has 0 radical (unpaired) electrons. The first-order valence-corrected chi connectivity index (χ1v) is 29.1. The van der Waals surface area contributed by atoms with E-state index in [4.69, 9.17) is 40.2 Å². The molecule has 0 amide bonds. The van der Waals surface area contributed by atoms with Gasteiger partial charge in [-0.05, 0) is 137 Å². The molecule has 3 fully saturated rings. The number of nitrogens with zero attached hydrogens (tertiary/aromatic N) is 6. The van der Waals surface area contributed by atoms with Crippen LogP contribution in [0.3, 0.4) is 0 Å². The molecule has 17 heteroatoms. The summed E-state index contributed by atoms with van der Waals surface area (Å²) < 4.78 is 34.3. The van der Waals surface area contributed by atoms with Crippen LogP contribution in [0.25, 0.3) is 22.6 Å². The second-order valence-corrected chi connectivity index (χ2v) is 27.6. The van der Waals surface area contributed by atoms with Crippen molar-refractivity contribution in [2.24, 2.45) is 17.6 Å². The van der Waals surface area contributed by atoms with Crippen molar-refractivity contribution in [3.05, 3.63) is 118 Å². The Labute approximate surface area is 461 Å². The van der Waals surface area contributed by atoms with Crippen LogP contribution >= 0.6 is 22.6 Å². The van der Waals surface area contributed by atoms with Gasteiger partial charge in [0.15, 0.2) is 25.6 Å². The third kappa shape index (κ3) is 14.6. The van der Waals surface area contributed by atoms with E-state index in [0.29, 0.717) is 42.6 Å². The van der Waals surface area contributed by atoms with Crippen molar-refractivity contribution in [2.75, 3.05) is 19.8 Å². The lowest BCUT2D eigenvalue weighted by Gasteiger charge is -2.41. The fraction of sp³-hybridized carbons (Fsp3) is 0.517. The minimum Gasteiger partial charge on any atom is -0.407 e. The maximum absolute atomic E-state index is 9.93. The quantitative estimate of drug-likeness (QED) is 0.0484. The van der Waals surface area contributed by atoms with Gasteiger partial charge in [-0.15, -0.1) is 12.3 Å². The Hall–Kier alpha value is -4.93. The molecule has 0 unspecified atom stereocenters. The fourth-order valence-electron chi connectivity index (χ4n) is 9.22. The molecule has 6 aromatic rings. The monoisotopic (exact) mass is 1160 g/mol. The van der Waals surface area contributed by atoms with E-state index in [1.165, 1.54) is 3.57 Å². The standard InChI is InChI=1S/C23H32IN3O2Si.C23H26N4O4.C10H14O2.2CH4.H2/c1-8-20(19-15-21(28-26-19)17-9-11-18(24)12-10-17)27-14-13-25-22(27)16(2)29-30(6,7)23(3,4)5;1-15(29)22-25-8-9-27(22)20(13-24)19-10-21(31-26-19)18-6-4-16(5-7-18)2-3-17-11-23(30,12-17)14-28;1-4-8-5-10(6-8)7-11-9(2,3)12-10;;;/h9-16,20H,8H2,1-7H3;4-10,15,17,20,28-30H,11-14,24H2,1H3;1,8H,5-7H2,2-3H3;2*1H4;1H/t16-,20+;15-,17?,20+,23?;;;;/m00..../s1. The second kappa shape index (κ2) is 25.0. The third-order valence-corrected chi connectivity index (χ3v) is 19.6. The van der Waals surface area contributed by atoms with Gasteiger partial charge in [-0.1, -0.05) is 76.8 Å². The van der Waals surface area contributed by atoms with Crippen LogP contribution in [0.5, 0.6) is 0 Å². The maximum Gasteiger partial charge on any atom is 0.193 e. The van der Waals surface area contributed by atoms with Crippen molar-refractivity contribution in [3.63, 3.8) is 0 Å². The molecule has 15 nitrogen and oxygen atoms in total. The zero-order chi connectivity index (χ0) is 52.9. The van der Waals surface area contributed by atoms with Gasteiger partial charge in [0.1, 0.15) is 35.2 Å². The van der Waals surface area contributed by atoms with Gasteiger partial charge < -0.3 is 53.1 Å². The third-order valence-electron chi connectivity index (χ3n) is 14.3. The molecule has 1 spiro atoms. The maximum atomic E-state index is 9.93. The highest BCUT2D eigenvalue weighted by molar-refractivity contribution is 14.1. The smallest absolute Gasteiger partial charge is 0.193 e. The van der Waals surface area contributed by atoms with E-state index in [2.05, 4.69) is 137 Å². The van der Waals surface area contributed by atoms with Gasteiger partial charge in [0, 0.05) is 77.0 Å². The Morgan fingerprint density at radius 3 is 1.89 bits per heavy atom. The van der Waals surface area contributed by atoms with Crippen molar-refractivity contribution in [1.29, 1.82) is 0 Å². The number of halogens is 1. The van der Waals surface area contributed by atoms with Crippen LogP contribution in [0, 0.1) is 39.6 Å². The van der Waals surface area contributed by atoms with Crippen LogP contribution in [0.4, 0.5) is 0 Å². The topological polar surface area (TPSA) is 202 Å². The summed E-state index contributed by atoms with van der Waals surface area (Å²) in [6.45, 7) is 21.9. The molecule has 408 valence electrons. The molecule has 4 atom stereocenters. The SMILES string of the molecule is C.C.C#CC1CC2(COC(C)(C)O2)C1.CC[C@H](c1cc(-c2ccc(I)cc2)on1)n1ccnc1[C@H](C)O[Si](C)(C)C(C)(C)C.C[C@H](O)c1nccn1[C@H](CN)c1cc(-c2ccc(C#CC3CC(O)(CO)C3)cc2)on1.[HH]. The highest BCUT2D eigenvalue weighted by Crippen LogP contribution is 2.48. The molecule has 5 heterocycles. The zero-order valence-corrected chi connectivity index (χ0v) is 47.0. The Morgan fingerprint density at radius 2 is 1.41 bits per heavy atom. The number of hydrogen-bond acceptors (Lipinski definition) is 13. The van der Waals surface area contributed by atoms with Crippen LogP contribution in [-0.2, 0) is 13.9 Å². The van der Waals surface area contributed by atoms with Gasteiger partial charge >= 0.3 is 0 Å². The highest BCUT2D eigenvalue weighted by atomic mass is 127. The average Bonchev–Trinajstić information content (AvgIpc) is 4.20. The van der Waals surface area contributed by atoms with Crippen molar-refractivity contribution >= 4 is 30.9 Å². The lowest BCUT2D eigenvalue weighted by molar-refractivity contribution is -0.183. The predicted octanol–water partition coefficient (Wildman–Crippen LogP) is 11.9. The van der Waals surface area contributed by atoms with Crippen molar-refractivity contribution in [3.8, 4) is 46.8 Å². The number of rotatable bonds is 13. The van der Waals surface area contributed by atoms with Crippen molar-refractivity contribution in [1.82, 2.24) is 29.4 Å². The van der Waals surface area contributed by atoms with E-state index in [9.17, 15) is 10.2 Å². The fourth-order valence-corrected chi connectivity index (χ4v) is 10.9. The Morgan fingerprint density at radius 1 is 0.880 bits per heavy atom. The van der Waals surface area contributed by atoms with Gasteiger partial charge in [-0.3, -0.25) is 0 Å². The second-order valence-electron chi connectivity index (χ2n) is 21.6. The number of aliphatic hydroxyl groups is 3. The number of hydrogen-bond donors (Lipinski definition) is 4. The van der Waals surface area contributed by atoms with Crippen LogP contribution in [-0.4, -0.2) is 89.8 Å². The number of terminal acetylenes is 1. The van der Waals surface area contributed by atoms with Crippen molar-refractivity contribution in [2.45, 2.75) is 162 Å². The molecule has 1 aliphatic heterocycles. The van der Waals surface area contributed by atoms with Gasteiger partial charge in [-0.2, -0.15) is 0 Å². The molecule has 0 bridgehead atoms. The van der Waals surface area contributed by atoms with E-state index in [-0.39, 0.29) is 64.2 Å². The van der Waals surface area contributed by atoms with E-state index in [0.717, 1.165) is 53.2 Å². The van der Waals surface area contributed by atoms with Crippen LogP contribution < -0.4 is 5.73 Å². The summed E-state index contributed by atoms with van der Waals surface area (Å²) in [5.74, 6) is 12.0. The lowest BCUT2D eigenvalue weighted by atomic mass is 9.72.